The van der Waals surface area contributed by atoms with Crippen molar-refractivity contribution >= 4 is 20.5 Å². The van der Waals surface area contributed by atoms with Gasteiger partial charge in [-0.1, -0.05) is 0 Å². The third kappa shape index (κ3) is 7.09. The van der Waals surface area contributed by atoms with Gasteiger partial charge in [0.2, 0.25) is 0 Å². The second-order valence-corrected chi connectivity index (χ2v) is 5.10. The van der Waals surface area contributed by atoms with Crippen molar-refractivity contribution in [2.75, 3.05) is 0 Å². The van der Waals surface area contributed by atoms with E-state index in [0.29, 0.717) is 11.5 Å². The predicted molar refractivity (Wildman–Crippen MR) is 75.4 cm³/mol. The smallest absolute Gasteiger partial charge is 0.545 e. The molecule has 0 aromatic heterocycles. The van der Waals surface area contributed by atoms with Crippen molar-refractivity contribution in [3.05, 3.63) is 65.2 Å². The van der Waals surface area contributed by atoms with Gasteiger partial charge in [0.05, 0.1) is 11.9 Å². The van der Waals surface area contributed by atoms with E-state index in [4.69, 9.17) is 14.6 Å². The summed E-state index contributed by atoms with van der Waals surface area (Å²) in [5.74, 6) is -2.01. The molecular weight excluding hydrogens is 355 g/mol. The van der Waals surface area contributed by atoms with E-state index in [1.807, 2.05) is 0 Å². The van der Waals surface area contributed by atoms with Crippen LogP contribution in [0.25, 0.3) is 5.50 Å². The van der Waals surface area contributed by atoms with Gasteiger partial charge in [0.15, 0.2) is 11.5 Å². The number of nitrogens with one attached hydrogen (secondary N) is 1. The Morgan fingerprint density at radius 2 is 1.04 bits per heavy atom. The minimum Gasteiger partial charge on any atom is -0.545 e. The van der Waals surface area contributed by atoms with Crippen molar-refractivity contribution in [3.8, 4) is 11.5 Å². The van der Waals surface area contributed by atoms with Crippen LogP contribution in [0.5, 0.6) is 11.5 Å². The average molecular weight is 365 g/mol. The van der Waals surface area contributed by atoms with E-state index in [1.165, 1.54) is 48.5 Å². The van der Waals surface area contributed by atoms with Crippen molar-refractivity contribution in [2.45, 2.75) is 0 Å². The molecule has 0 aliphatic heterocycles. The summed E-state index contributed by atoms with van der Waals surface area (Å²) < 4.78 is 10.5. The number of carboxylic acid groups (broad SMARTS) is 2. The zero-order valence-electron chi connectivity index (χ0n) is 13.1. The van der Waals surface area contributed by atoms with Crippen LogP contribution in [-0.2, 0) is 0 Å². The number of hydrogen-bond acceptors (Lipinski definition) is 6. The van der Waals surface area contributed by atoms with Crippen LogP contribution in [-0.4, -0.2) is 11.9 Å². The third-order valence-corrected chi connectivity index (χ3v) is 3.44. The minimum absolute atomic E-state index is 0. The van der Waals surface area contributed by atoms with Gasteiger partial charge in [-0.15, -0.1) is 0 Å². The summed E-state index contributed by atoms with van der Waals surface area (Å²) in [6.07, 6.45) is 0. The van der Waals surface area contributed by atoms with Crippen molar-refractivity contribution in [1.82, 2.24) is 0 Å². The molecule has 0 saturated heterocycles. The van der Waals surface area contributed by atoms with Crippen LogP contribution in [0.15, 0.2) is 48.5 Å². The van der Waals surface area contributed by atoms with Gasteiger partial charge in [0, 0.05) is 0 Å². The van der Waals surface area contributed by atoms with Gasteiger partial charge >= 0.3 is 59.1 Å². The number of carbonyl (C=O) groups is 2. The van der Waals surface area contributed by atoms with Crippen LogP contribution in [0.2, 0.25) is 0 Å². The van der Waals surface area contributed by atoms with E-state index in [9.17, 15) is 19.8 Å². The molecule has 0 heterocycles. The number of aromatic carboxylic acids is 2. The molecule has 2 aromatic carbocycles. The molecule has 10 heteroatoms. The van der Waals surface area contributed by atoms with Crippen molar-refractivity contribution in [1.29, 1.82) is 0 Å². The molecule has 1 N–H and O–H groups in total. The van der Waals surface area contributed by atoms with E-state index in [1.54, 1.807) is 0 Å². The molecule has 2 rings (SSSR count). The Balaban J connectivity index is 0.00000264. The number of hydrogen-bond donors (Lipinski definition) is 0. The number of benzene rings is 2. The summed E-state index contributed by atoms with van der Waals surface area (Å²) in [5.41, 5.74) is 7.73. The van der Waals surface area contributed by atoms with E-state index in [-0.39, 0.29) is 70.2 Å². The summed E-state index contributed by atoms with van der Waals surface area (Å²) in [6, 6.07) is 10.8. The molecule has 0 saturated carbocycles. The van der Waals surface area contributed by atoms with Crippen LogP contribution in [0.1, 0.15) is 20.7 Å². The van der Waals surface area contributed by atoms with Crippen LogP contribution >= 0.6 is 8.53 Å². The molecule has 2 aromatic rings. The Labute approximate surface area is 183 Å². The number of carboxylic acids is 2. The molecule has 0 bridgehead atoms. The molecule has 0 atom stereocenters. The molecule has 0 unspecified atom stereocenters. The number of rotatable bonds is 6. The second kappa shape index (κ2) is 11.1. The average Bonchev–Trinajstić information content (AvgIpc) is 2.48. The maximum atomic E-state index is 10.6. The summed E-state index contributed by atoms with van der Waals surface area (Å²) in [4.78, 5) is 21.2. The molecular formula is C14H10NNa2O6P. The SMILES string of the molecule is [NH-][PH+](Oc1ccc(C(=O)[O-])cc1)Oc1ccc(C(=O)[O-])cc1.[Na+].[Na+]. The maximum Gasteiger partial charge on any atom is 1.00 e. The molecule has 7 nitrogen and oxygen atoms in total. The molecule has 0 aliphatic carbocycles. The van der Waals surface area contributed by atoms with E-state index < -0.39 is 20.5 Å². The Hall–Kier alpha value is -0.630. The van der Waals surface area contributed by atoms with Crippen LogP contribution in [0, 0.1) is 0 Å². The molecule has 0 fully saturated rings. The Kier molecular flexibility index (Phi) is 10.8. The first-order chi connectivity index (χ1) is 10.5. The normalized spacial score (nSPS) is 9.42. The Morgan fingerprint density at radius 1 is 0.750 bits per heavy atom. The van der Waals surface area contributed by atoms with E-state index >= 15 is 0 Å². The summed E-state index contributed by atoms with van der Waals surface area (Å²) in [7, 11) is -2.44. The Morgan fingerprint density at radius 3 is 1.29 bits per heavy atom. The molecule has 0 amide bonds. The van der Waals surface area contributed by atoms with Gasteiger partial charge in [-0.2, -0.15) is 0 Å². The third-order valence-electron chi connectivity index (χ3n) is 2.60. The van der Waals surface area contributed by atoms with Crippen molar-refractivity contribution in [2.24, 2.45) is 0 Å². The zero-order valence-corrected chi connectivity index (χ0v) is 18.1. The number of carbonyl (C=O) groups excluding carboxylic acids is 2. The molecule has 0 spiro atoms. The van der Waals surface area contributed by atoms with E-state index in [0.717, 1.165) is 0 Å². The fourth-order valence-electron chi connectivity index (χ4n) is 1.55. The van der Waals surface area contributed by atoms with Gasteiger partial charge in [-0.05, 0) is 59.7 Å². The standard InChI is InChI=1S/C14H12NO6P.2Na/c15-22(20-11-5-1-9(2-6-11)13(16)17)21-12-7-3-10(4-8-12)14(18)19;;/h1-8,15,22H,(H,16,17)(H,18,19);;/q;2*+1/p-2. The van der Waals surface area contributed by atoms with Crippen LogP contribution < -0.4 is 78.4 Å². The van der Waals surface area contributed by atoms with Crippen molar-refractivity contribution in [3.63, 3.8) is 0 Å². The van der Waals surface area contributed by atoms with Gasteiger partial charge in [0.25, 0.3) is 8.53 Å². The quantitative estimate of drug-likeness (QED) is 0.373. The molecule has 0 aliphatic rings. The van der Waals surface area contributed by atoms with Gasteiger partial charge < -0.3 is 34.4 Å². The molecule has 24 heavy (non-hydrogen) atoms. The summed E-state index contributed by atoms with van der Waals surface area (Å²) in [5, 5.41) is 21.2. The minimum atomic E-state index is -2.44. The molecule has 0 radical (unpaired) electrons. The monoisotopic (exact) mass is 365 g/mol. The summed E-state index contributed by atoms with van der Waals surface area (Å²) in [6.45, 7) is 0. The largest absolute Gasteiger partial charge is 1.00 e. The summed E-state index contributed by atoms with van der Waals surface area (Å²) >= 11 is 0. The maximum absolute atomic E-state index is 10.6. The van der Waals surface area contributed by atoms with Gasteiger partial charge in [-0.25, -0.2) is 0 Å². The first-order valence-corrected chi connectivity index (χ1v) is 7.34. The fraction of sp³-hybridized carbons (Fsp3) is 0. The van der Waals surface area contributed by atoms with Crippen LogP contribution in [0.3, 0.4) is 0 Å². The first-order valence-electron chi connectivity index (χ1n) is 6.03. The topological polar surface area (TPSA) is 123 Å². The Bertz CT molecular complexity index is 621. The first kappa shape index (κ1) is 23.4. The van der Waals surface area contributed by atoms with Crippen molar-refractivity contribution < 1.29 is 88.0 Å². The van der Waals surface area contributed by atoms with Gasteiger partial charge in [-0.3, -0.25) is 0 Å². The fourth-order valence-corrected chi connectivity index (χ4v) is 2.30. The molecule has 114 valence electrons. The van der Waals surface area contributed by atoms with Gasteiger partial charge in [0.1, 0.15) is 0 Å². The van der Waals surface area contributed by atoms with Crippen LogP contribution in [0.4, 0.5) is 0 Å². The predicted octanol–water partition coefficient (Wildman–Crippen LogP) is -5.11. The second-order valence-electron chi connectivity index (χ2n) is 4.12. The zero-order chi connectivity index (χ0) is 16.1. The van der Waals surface area contributed by atoms with E-state index in [2.05, 4.69) is 0 Å².